The summed E-state index contributed by atoms with van der Waals surface area (Å²) in [6.45, 7) is 0. The van der Waals surface area contributed by atoms with Crippen molar-refractivity contribution in [1.82, 2.24) is 0 Å². The van der Waals surface area contributed by atoms with Crippen molar-refractivity contribution >= 4 is 32.4 Å². The summed E-state index contributed by atoms with van der Waals surface area (Å²) in [4.78, 5) is 0. The molecular weight excluding hydrogens is 191 g/mol. The molecular formula is C2H6Cl2O2S2. The average molecular weight is 197 g/mol. The lowest BCUT2D eigenvalue weighted by atomic mass is 11.0. The van der Waals surface area contributed by atoms with E-state index >= 15 is 0 Å². The highest BCUT2D eigenvalue weighted by Crippen LogP contribution is 1.92. The molecule has 0 aromatic heterocycles. The minimum Gasteiger partial charge on any atom is -1.00 e. The number of hydrogen-bond acceptors (Lipinski definition) is 2. The SMILES string of the molecule is O=S(=O)(Cl)CC[SH2+].[Cl-]. The first-order valence-electron chi connectivity index (χ1n) is 1.63. The van der Waals surface area contributed by atoms with Gasteiger partial charge in [0.05, 0.1) is 0 Å². The van der Waals surface area contributed by atoms with Gasteiger partial charge < -0.3 is 12.4 Å². The van der Waals surface area contributed by atoms with Gasteiger partial charge in [0.2, 0.25) is 9.05 Å². The van der Waals surface area contributed by atoms with Crippen LogP contribution in [0.2, 0.25) is 0 Å². The zero-order valence-electron chi connectivity index (χ0n) is 3.89. The maximum atomic E-state index is 9.97. The molecule has 0 atom stereocenters. The van der Waals surface area contributed by atoms with Gasteiger partial charge in [0, 0.05) is 10.7 Å². The molecule has 6 heteroatoms. The van der Waals surface area contributed by atoms with E-state index < -0.39 is 9.05 Å². The Bertz CT molecular complexity index is 129. The Balaban J connectivity index is 0. The first-order valence-corrected chi connectivity index (χ1v) is 4.82. The lowest BCUT2D eigenvalue weighted by Crippen LogP contribution is -3.00. The maximum Gasteiger partial charge on any atom is 0.237 e. The van der Waals surface area contributed by atoms with Gasteiger partial charge in [-0.2, -0.15) is 0 Å². The van der Waals surface area contributed by atoms with E-state index in [1.807, 2.05) is 0 Å². The van der Waals surface area contributed by atoms with E-state index in [0.29, 0.717) is 5.75 Å². The molecule has 0 bridgehead atoms. The fourth-order valence-corrected chi connectivity index (χ4v) is 1.79. The van der Waals surface area contributed by atoms with E-state index in [-0.39, 0.29) is 18.2 Å². The molecule has 0 fully saturated rings. The molecule has 0 spiro atoms. The van der Waals surface area contributed by atoms with Gasteiger partial charge in [-0.3, -0.25) is 0 Å². The summed E-state index contributed by atoms with van der Waals surface area (Å²) in [7, 11) is 1.52. The molecule has 8 heavy (non-hydrogen) atoms. The van der Waals surface area contributed by atoms with Crippen LogP contribution >= 0.6 is 10.7 Å². The summed E-state index contributed by atoms with van der Waals surface area (Å²) in [5.74, 6) is 0.386. The van der Waals surface area contributed by atoms with Crippen molar-refractivity contribution < 1.29 is 20.8 Å². The van der Waals surface area contributed by atoms with Gasteiger partial charge in [-0.15, -0.1) is 0 Å². The van der Waals surface area contributed by atoms with E-state index in [4.69, 9.17) is 10.7 Å². The molecule has 0 heterocycles. The topological polar surface area (TPSA) is 34.1 Å². The van der Waals surface area contributed by atoms with Gasteiger partial charge in [-0.1, -0.05) is 0 Å². The Morgan fingerprint density at radius 2 is 1.88 bits per heavy atom. The van der Waals surface area contributed by atoms with Crippen molar-refractivity contribution in [3.8, 4) is 0 Å². The van der Waals surface area contributed by atoms with Crippen molar-refractivity contribution in [2.75, 3.05) is 11.5 Å². The third kappa shape index (κ3) is 9.99. The van der Waals surface area contributed by atoms with Crippen LogP contribution in [-0.4, -0.2) is 19.9 Å². The van der Waals surface area contributed by atoms with Gasteiger partial charge >= 0.3 is 0 Å². The lowest BCUT2D eigenvalue weighted by Gasteiger charge is -1.80. The molecule has 0 aromatic carbocycles. The molecule has 0 aliphatic heterocycles. The van der Waals surface area contributed by atoms with E-state index in [2.05, 4.69) is 12.6 Å². The van der Waals surface area contributed by atoms with Crippen LogP contribution < -0.4 is 12.4 Å². The van der Waals surface area contributed by atoms with Gasteiger partial charge in [0.1, 0.15) is 11.5 Å². The van der Waals surface area contributed by atoms with Gasteiger partial charge in [0.25, 0.3) is 0 Å². The maximum absolute atomic E-state index is 9.97. The third-order valence-corrected chi connectivity index (χ3v) is 2.11. The molecule has 0 saturated heterocycles. The Labute approximate surface area is 64.8 Å². The van der Waals surface area contributed by atoms with Gasteiger partial charge in [-0.05, 0) is 12.6 Å². The van der Waals surface area contributed by atoms with Crippen molar-refractivity contribution in [1.29, 1.82) is 0 Å². The minimum atomic E-state index is -3.25. The van der Waals surface area contributed by atoms with Crippen molar-refractivity contribution in [3.05, 3.63) is 0 Å². The standard InChI is InChI=1S/C2H5ClO2S2.ClH/c3-7(4,5)2-1-6;/h6H,1-2H2;1H. The second-order valence-corrected chi connectivity index (χ2v) is 4.39. The fraction of sp³-hybridized carbons (Fsp3) is 1.00. The first kappa shape index (κ1) is 11.6. The summed E-state index contributed by atoms with van der Waals surface area (Å²) in [5.41, 5.74) is 0. The van der Waals surface area contributed by atoms with Gasteiger partial charge in [-0.25, -0.2) is 8.42 Å². The molecule has 0 amide bonds. The predicted molar refractivity (Wildman–Crippen MR) is 34.7 cm³/mol. The summed E-state index contributed by atoms with van der Waals surface area (Å²) in [5, 5.41) is 0. The molecule has 0 aliphatic carbocycles. The average Bonchev–Trinajstić information content (AvgIpc) is 1.30. The molecule has 0 aliphatic rings. The number of hydrogen-bond donors (Lipinski definition) is 0. The molecule has 0 unspecified atom stereocenters. The predicted octanol–water partition coefficient (Wildman–Crippen LogP) is -3.43. The second-order valence-electron chi connectivity index (χ2n) is 0.993. The lowest BCUT2D eigenvalue weighted by molar-refractivity contribution is -0.00000364. The summed E-state index contributed by atoms with van der Waals surface area (Å²) in [6, 6.07) is 0. The minimum absolute atomic E-state index is 0. The number of rotatable bonds is 2. The van der Waals surface area contributed by atoms with Crippen LogP contribution in [0.15, 0.2) is 0 Å². The van der Waals surface area contributed by atoms with Crippen molar-refractivity contribution in [2.45, 2.75) is 0 Å². The fourth-order valence-electron chi connectivity index (χ4n) is 0.122. The molecule has 0 N–H and O–H groups in total. The number of halogens is 2. The monoisotopic (exact) mass is 196 g/mol. The third-order valence-electron chi connectivity index (χ3n) is 0.346. The Morgan fingerprint density at radius 3 is 1.88 bits per heavy atom. The highest BCUT2D eigenvalue weighted by Gasteiger charge is 2.02. The zero-order chi connectivity index (χ0) is 5.91. The Hall–Kier alpha value is 0.880. The van der Waals surface area contributed by atoms with Crippen LogP contribution in [0.1, 0.15) is 0 Å². The molecule has 0 saturated carbocycles. The molecule has 2 nitrogen and oxygen atoms in total. The van der Waals surface area contributed by atoms with Crippen LogP contribution in [0.25, 0.3) is 0 Å². The van der Waals surface area contributed by atoms with E-state index in [0.717, 1.165) is 0 Å². The van der Waals surface area contributed by atoms with Crippen LogP contribution in [0, 0.1) is 0 Å². The van der Waals surface area contributed by atoms with E-state index in [1.165, 1.54) is 0 Å². The molecule has 0 rings (SSSR count). The smallest absolute Gasteiger partial charge is 0.237 e. The van der Waals surface area contributed by atoms with Crippen LogP contribution in [0.3, 0.4) is 0 Å². The zero-order valence-corrected chi connectivity index (χ0v) is 7.22. The van der Waals surface area contributed by atoms with Crippen LogP contribution in [0.4, 0.5) is 0 Å². The molecule has 0 aromatic rings. The molecule has 52 valence electrons. The van der Waals surface area contributed by atoms with Crippen LogP contribution in [0.5, 0.6) is 0 Å². The molecule has 0 radical (unpaired) electrons. The summed E-state index contributed by atoms with van der Waals surface area (Å²) >= 11 is 2.96. The highest BCUT2D eigenvalue weighted by atomic mass is 35.7. The Morgan fingerprint density at radius 1 is 1.50 bits per heavy atom. The van der Waals surface area contributed by atoms with Crippen LogP contribution in [-0.2, 0) is 21.7 Å². The second kappa shape index (κ2) is 4.73. The van der Waals surface area contributed by atoms with Crippen molar-refractivity contribution in [3.63, 3.8) is 0 Å². The first-order chi connectivity index (χ1) is 3.06. The van der Waals surface area contributed by atoms with Crippen molar-refractivity contribution in [2.24, 2.45) is 0 Å². The van der Waals surface area contributed by atoms with Gasteiger partial charge in [0.15, 0.2) is 0 Å². The quantitative estimate of drug-likeness (QED) is 0.341. The normalized spacial score (nSPS) is 10.2. The largest absolute Gasteiger partial charge is 1.00 e. The van der Waals surface area contributed by atoms with E-state index in [9.17, 15) is 8.42 Å². The summed E-state index contributed by atoms with van der Waals surface area (Å²) in [6.07, 6.45) is 0. The Kier molecular flexibility index (Phi) is 6.89. The summed E-state index contributed by atoms with van der Waals surface area (Å²) < 4.78 is 19.9. The van der Waals surface area contributed by atoms with E-state index in [1.54, 1.807) is 0 Å². The highest BCUT2D eigenvalue weighted by molar-refractivity contribution is 8.13.